The van der Waals surface area contributed by atoms with E-state index in [-0.39, 0.29) is 17.7 Å². The number of rotatable bonds is 12. The molecule has 3 amide bonds. The highest BCUT2D eigenvalue weighted by Crippen LogP contribution is 2.28. The molecule has 13 heteroatoms. The molecule has 0 bridgehead atoms. The summed E-state index contributed by atoms with van der Waals surface area (Å²) in [4.78, 5) is 46.8. The van der Waals surface area contributed by atoms with Crippen LogP contribution < -0.4 is 5.73 Å². The number of benzene rings is 4. The summed E-state index contributed by atoms with van der Waals surface area (Å²) in [6.45, 7) is 3.73. The first-order chi connectivity index (χ1) is 24.4. The van der Waals surface area contributed by atoms with Gasteiger partial charge >= 0.3 is 0 Å². The van der Waals surface area contributed by atoms with E-state index in [2.05, 4.69) is 14.6 Å². The molecule has 0 unspecified atom stereocenters. The van der Waals surface area contributed by atoms with Gasteiger partial charge in [-0.1, -0.05) is 82.3 Å². The number of likely N-dealkylation sites (N-methyl/N-ethyl adjacent to an activating group) is 1. The molecule has 0 radical (unpaired) electrons. The first-order valence-corrected chi connectivity index (χ1v) is 18.4. The summed E-state index contributed by atoms with van der Waals surface area (Å²) in [6, 6.07) is 24.3. The predicted molar refractivity (Wildman–Crippen MR) is 196 cm³/mol. The number of fused-ring (bicyclic) bond motifs is 1. The standard InChI is InChI=1S/C38H36N6O5S2/c1-24-17-25(2)19-28(18-24)37(46)43(3)35(20-26-13-15-27(16-14-26)33-23-50-42-41-33)38(47)44(51(48,49)30-9-5-4-6-10-30)34(36(39)45)21-29-22-40-32-12-8-7-11-31(29)32/h4-19,22-23,34-35,40H,20-21H2,1-3H3,(H2,39,45)/t34-,35+/m0/s1. The molecule has 0 aliphatic heterocycles. The van der Waals surface area contributed by atoms with Crippen molar-refractivity contribution in [1.29, 1.82) is 0 Å². The lowest BCUT2D eigenvalue weighted by Gasteiger charge is -2.35. The Labute approximate surface area is 299 Å². The van der Waals surface area contributed by atoms with E-state index in [1.165, 1.54) is 47.7 Å². The number of carbonyl (C=O) groups excluding carboxylic acids is 3. The monoisotopic (exact) mass is 720 g/mol. The quantitative estimate of drug-likeness (QED) is 0.174. The van der Waals surface area contributed by atoms with Crippen molar-refractivity contribution >= 4 is 50.2 Å². The Morgan fingerprint density at radius 3 is 2.18 bits per heavy atom. The fourth-order valence-corrected chi connectivity index (χ4v) is 8.32. The van der Waals surface area contributed by atoms with Gasteiger partial charge in [0.2, 0.25) is 5.91 Å². The third kappa shape index (κ3) is 7.44. The van der Waals surface area contributed by atoms with Gasteiger partial charge in [0.15, 0.2) is 0 Å². The number of nitrogens with two attached hydrogens (primary N) is 1. The summed E-state index contributed by atoms with van der Waals surface area (Å²) in [5.41, 5.74) is 11.5. The van der Waals surface area contributed by atoms with Gasteiger partial charge < -0.3 is 15.6 Å². The molecule has 2 heterocycles. The molecule has 2 atom stereocenters. The van der Waals surface area contributed by atoms with Gasteiger partial charge in [-0.15, -0.1) is 5.10 Å². The van der Waals surface area contributed by atoms with Crippen LogP contribution in [0.5, 0.6) is 0 Å². The zero-order valence-corrected chi connectivity index (χ0v) is 29.8. The van der Waals surface area contributed by atoms with Crippen LogP contribution in [0.3, 0.4) is 0 Å². The van der Waals surface area contributed by atoms with Gasteiger partial charge in [0, 0.05) is 53.5 Å². The molecule has 0 spiro atoms. The molecule has 51 heavy (non-hydrogen) atoms. The summed E-state index contributed by atoms with van der Waals surface area (Å²) >= 11 is 1.22. The molecule has 0 fully saturated rings. The van der Waals surface area contributed by atoms with Gasteiger partial charge in [-0.2, -0.15) is 0 Å². The van der Waals surface area contributed by atoms with E-state index >= 15 is 4.79 Å². The van der Waals surface area contributed by atoms with E-state index in [0.717, 1.165) is 27.6 Å². The average molecular weight is 721 g/mol. The van der Waals surface area contributed by atoms with Crippen LogP contribution in [0.4, 0.5) is 0 Å². The third-order valence-corrected chi connectivity index (χ3v) is 11.1. The fraction of sp³-hybridized carbons (Fsp3) is 0.184. The van der Waals surface area contributed by atoms with Crippen molar-refractivity contribution in [3.63, 3.8) is 0 Å². The van der Waals surface area contributed by atoms with Crippen molar-refractivity contribution in [1.82, 2.24) is 23.8 Å². The Bertz CT molecular complexity index is 2290. The normalized spacial score (nSPS) is 12.7. The third-order valence-electron chi connectivity index (χ3n) is 8.80. The van der Waals surface area contributed by atoms with Crippen LogP contribution in [-0.4, -0.2) is 69.0 Å². The molecular formula is C38H36N6O5S2. The van der Waals surface area contributed by atoms with E-state index < -0.39 is 39.8 Å². The van der Waals surface area contributed by atoms with Crippen LogP contribution in [0.25, 0.3) is 22.2 Å². The molecule has 3 N–H and O–H groups in total. The number of amides is 3. The van der Waals surface area contributed by atoms with E-state index in [1.54, 1.807) is 36.5 Å². The van der Waals surface area contributed by atoms with E-state index in [1.807, 2.05) is 61.7 Å². The van der Waals surface area contributed by atoms with Gasteiger partial charge in [0.1, 0.15) is 17.8 Å². The van der Waals surface area contributed by atoms with Crippen molar-refractivity contribution in [3.8, 4) is 11.3 Å². The van der Waals surface area contributed by atoms with Gasteiger partial charge in [-0.3, -0.25) is 14.4 Å². The van der Waals surface area contributed by atoms with Crippen molar-refractivity contribution in [3.05, 3.63) is 136 Å². The summed E-state index contributed by atoms with van der Waals surface area (Å²) in [5.74, 6) is -2.48. The summed E-state index contributed by atoms with van der Waals surface area (Å²) in [6.07, 6.45) is 1.40. The fourth-order valence-electron chi connectivity index (χ4n) is 6.26. The average Bonchev–Trinajstić information content (AvgIpc) is 3.81. The molecule has 6 aromatic rings. The lowest BCUT2D eigenvalue weighted by Crippen LogP contribution is -2.58. The van der Waals surface area contributed by atoms with Gasteiger partial charge in [-0.25, -0.2) is 12.7 Å². The van der Waals surface area contributed by atoms with Crippen LogP contribution in [0.1, 0.15) is 32.6 Å². The number of para-hydroxylation sites is 1. The number of aryl methyl sites for hydroxylation is 2. The number of hydrogen-bond donors (Lipinski definition) is 2. The Kier molecular flexibility index (Phi) is 10.1. The number of aromatic amines is 1. The molecule has 260 valence electrons. The minimum Gasteiger partial charge on any atom is -0.368 e. The number of nitrogens with zero attached hydrogens (tertiary/aromatic N) is 4. The lowest BCUT2D eigenvalue weighted by atomic mass is 9.99. The maximum Gasteiger partial charge on any atom is 0.267 e. The molecule has 2 aromatic heterocycles. The highest BCUT2D eigenvalue weighted by atomic mass is 32.2. The largest absolute Gasteiger partial charge is 0.368 e. The molecule has 4 aromatic carbocycles. The maximum atomic E-state index is 15.1. The summed E-state index contributed by atoms with van der Waals surface area (Å²) < 4.78 is 33.6. The van der Waals surface area contributed by atoms with E-state index in [4.69, 9.17) is 5.73 Å². The maximum absolute atomic E-state index is 15.1. The van der Waals surface area contributed by atoms with E-state index in [0.29, 0.717) is 26.7 Å². The predicted octanol–water partition coefficient (Wildman–Crippen LogP) is 5.30. The number of carbonyl (C=O) groups is 3. The molecule has 0 aliphatic carbocycles. The number of primary amides is 1. The van der Waals surface area contributed by atoms with E-state index in [9.17, 15) is 18.0 Å². The molecule has 0 saturated heterocycles. The zero-order valence-electron chi connectivity index (χ0n) is 28.2. The summed E-state index contributed by atoms with van der Waals surface area (Å²) in [5, 5.41) is 6.67. The summed E-state index contributed by atoms with van der Waals surface area (Å²) in [7, 11) is -3.23. The highest BCUT2D eigenvalue weighted by molar-refractivity contribution is 7.89. The number of H-pyrrole nitrogens is 1. The van der Waals surface area contributed by atoms with Crippen LogP contribution in [0.2, 0.25) is 0 Å². The SMILES string of the molecule is Cc1cc(C)cc(C(=O)N(C)[C@H](Cc2ccc(-c3csnn3)cc2)C(=O)N([C@@H](Cc2c[nH]c3ccccc23)C(N)=O)S(=O)(=O)c2ccccc2)c1. The number of aromatic nitrogens is 3. The Morgan fingerprint density at radius 1 is 0.863 bits per heavy atom. The smallest absolute Gasteiger partial charge is 0.267 e. The van der Waals surface area contributed by atoms with Gasteiger partial charge in [0.25, 0.3) is 21.8 Å². The minimum absolute atomic E-state index is 0.0686. The Balaban J connectivity index is 1.47. The van der Waals surface area contributed by atoms with Crippen molar-refractivity contribution in [2.45, 2.75) is 43.7 Å². The molecule has 0 aliphatic rings. The van der Waals surface area contributed by atoms with Crippen molar-refractivity contribution in [2.75, 3.05) is 7.05 Å². The number of nitrogens with one attached hydrogen (secondary N) is 1. The van der Waals surface area contributed by atoms with Gasteiger partial charge in [0.05, 0.1) is 4.90 Å². The van der Waals surface area contributed by atoms with Crippen LogP contribution >= 0.6 is 11.5 Å². The molecule has 6 rings (SSSR count). The first-order valence-electron chi connectivity index (χ1n) is 16.1. The Morgan fingerprint density at radius 2 is 1.53 bits per heavy atom. The van der Waals surface area contributed by atoms with Crippen molar-refractivity contribution in [2.24, 2.45) is 5.73 Å². The highest BCUT2D eigenvalue weighted by Gasteiger charge is 2.44. The van der Waals surface area contributed by atoms with Crippen molar-refractivity contribution < 1.29 is 22.8 Å². The molecular weight excluding hydrogens is 685 g/mol. The van der Waals surface area contributed by atoms with Crippen LogP contribution in [-0.2, 0) is 32.5 Å². The lowest BCUT2D eigenvalue weighted by molar-refractivity contribution is -0.137. The second-order valence-electron chi connectivity index (χ2n) is 12.4. The first kappa shape index (κ1) is 35.2. The Hall–Kier alpha value is -5.66. The number of sulfonamides is 1. The second-order valence-corrected chi connectivity index (χ2v) is 14.9. The van der Waals surface area contributed by atoms with Crippen LogP contribution in [0.15, 0.2) is 114 Å². The second kappa shape index (κ2) is 14.7. The van der Waals surface area contributed by atoms with Gasteiger partial charge in [-0.05, 0) is 66.8 Å². The topological polar surface area (TPSA) is 159 Å². The molecule has 0 saturated carbocycles. The number of hydrogen-bond acceptors (Lipinski definition) is 8. The zero-order chi connectivity index (χ0) is 36.3. The van der Waals surface area contributed by atoms with Crippen LogP contribution in [0, 0.1) is 13.8 Å². The minimum atomic E-state index is -4.69. The molecule has 11 nitrogen and oxygen atoms in total.